The van der Waals surface area contributed by atoms with Crippen LogP contribution < -0.4 is 5.32 Å². The molecule has 0 fully saturated rings. The molecule has 1 amide bonds. The first-order chi connectivity index (χ1) is 19.7. The Morgan fingerprint density at radius 2 is 1.83 bits per heavy atom. The minimum atomic E-state index is -4.74. The first kappa shape index (κ1) is 28.3. The van der Waals surface area contributed by atoms with Crippen LogP contribution in [0.4, 0.5) is 23.2 Å². The van der Waals surface area contributed by atoms with Gasteiger partial charge in [0.05, 0.1) is 21.6 Å². The second kappa shape index (κ2) is 10.3. The number of nitrogens with one attached hydrogen (secondary N) is 2. The lowest BCUT2D eigenvalue weighted by Crippen LogP contribution is -2.24. The Labute approximate surface area is 234 Å². The Morgan fingerprint density at radius 1 is 1.07 bits per heavy atom. The van der Waals surface area contributed by atoms with Crippen LogP contribution in [0.25, 0.3) is 33.7 Å². The summed E-state index contributed by atoms with van der Waals surface area (Å²) in [5, 5.41) is 17.8. The first-order valence-corrected chi connectivity index (χ1v) is 12.3. The topological polar surface area (TPSA) is 153 Å². The number of benzene rings is 2. The molecule has 5 aromatic rings. The summed E-state index contributed by atoms with van der Waals surface area (Å²) in [6.07, 6.45) is -3.37. The fourth-order valence-electron chi connectivity index (χ4n) is 4.07. The number of nitro benzene ring substituents is 1. The lowest BCUT2D eigenvalue weighted by atomic mass is 9.96. The SMILES string of the molecule is CC(C)(C)c1noc(C(=O)NCc2ccc(-c3ccnc4nc(-c5cc(C(F)(F)F)ccc5[N+](=O)[O-])[nH]c34)cc2F)n1. The quantitative estimate of drug-likeness (QED) is 0.141. The number of hydrogen-bond donors (Lipinski definition) is 2. The molecule has 2 N–H and O–H groups in total. The summed E-state index contributed by atoms with van der Waals surface area (Å²) in [6.45, 7) is 5.38. The zero-order valence-electron chi connectivity index (χ0n) is 22.2. The summed E-state index contributed by atoms with van der Waals surface area (Å²) in [5.41, 5.74) is -1.31. The molecule has 0 radical (unpaired) electrons. The molecule has 3 aromatic heterocycles. The second-order valence-electron chi connectivity index (χ2n) is 10.3. The van der Waals surface area contributed by atoms with Crippen LogP contribution in [0.2, 0.25) is 0 Å². The minimum Gasteiger partial charge on any atom is -0.344 e. The van der Waals surface area contributed by atoms with Gasteiger partial charge in [-0.15, -0.1) is 0 Å². The van der Waals surface area contributed by atoms with E-state index in [4.69, 9.17) is 4.52 Å². The largest absolute Gasteiger partial charge is 0.416 e. The zero-order valence-corrected chi connectivity index (χ0v) is 22.2. The van der Waals surface area contributed by atoms with E-state index in [1.165, 1.54) is 24.4 Å². The maximum atomic E-state index is 15.1. The van der Waals surface area contributed by atoms with Gasteiger partial charge in [-0.05, 0) is 29.8 Å². The summed E-state index contributed by atoms with van der Waals surface area (Å²) in [5.74, 6) is -1.46. The second-order valence-corrected chi connectivity index (χ2v) is 10.3. The molecule has 11 nitrogen and oxygen atoms in total. The number of aromatic amines is 1. The monoisotopic (exact) mass is 583 g/mol. The number of amides is 1. The van der Waals surface area contributed by atoms with Crippen molar-refractivity contribution in [1.29, 1.82) is 0 Å². The third-order valence-corrected chi connectivity index (χ3v) is 6.26. The highest BCUT2D eigenvalue weighted by molar-refractivity contribution is 5.92. The molecule has 0 unspecified atom stereocenters. The predicted octanol–water partition coefficient (Wildman–Crippen LogP) is 5.97. The van der Waals surface area contributed by atoms with Crippen LogP contribution in [0.5, 0.6) is 0 Å². The van der Waals surface area contributed by atoms with Crippen molar-refractivity contribution in [3.63, 3.8) is 0 Å². The van der Waals surface area contributed by atoms with Crippen LogP contribution in [0, 0.1) is 15.9 Å². The molecule has 42 heavy (non-hydrogen) atoms. The number of alkyl halides is 3. The molecule has 216 valence electrons. The van der Waals surface area contributed by atoms with Gasteiger partial charge in [-0.1, -0.05) is 38.1 Å². The van der Waals surface area contributed by atoms with Crippen molar-refractivity contribution >= 4 is 22.8 Å². The molecule has 3 heterocycles. The number of hydrogen-bond acceptors (Lipinski definition) is 8. The first-order valence-electron chi connectivity index (χ1n) is 12.3. The third-order valence-electron chi connectivity index (χ3n) is 6.26. The maximum Gasteiger partial charge on any atom is 0.416 e. The maximum absolute atomic E-state index is 15.1. The number of halogens is 4. The molecule has 0 aliphatic carbocycles. The number of fused-ring (bicyclic) bond motifs is 1. The summed E-state index contributed by atoms with van der Waals surface area (Å²) in [7, 11) is 0. The molecule has 0 aliphatic rings. The molecule has 5 rings (SSSR count). The van der Waals surface area contributed by atoms with Crippen LogP contribution in [0.15, 0.2) is 53.2 Å². The molecular weight excluding hydrogens is 562 g/mol. The van der Waals surface area contributed by atoms with Gasteiger partial charge in [0.2, 0.25) is 0 Å². The molecule has 0 spiro atoms. The van der Waals surface area contributed by atoms with E-state index >= 15 is 4.39 Å². The number of imidazole rings is 1. The lowest BCUT2D eigenvalue weighted by Gasteiger charge is -2.10. The van der Waals surface area contributed by atoms with Gasteiger partial charge in [-0.25, -0.2) is 14.4 Å². The van der Waals surface area contributed by atoms with Gasteiger partial charge in [0.1, 0.15) is 11.6 Å². The van der Waals surface area contributed by atoms with Crippen LogP contribution in [0.1, 0.15) is 48.4 Å². The number of pyridine rings is 1. The fraction of sp³-hybridized carbons (Fsp3) is 0.222. The molecule has 2 aromatic carbocycles. The predicted molar refractivity (Wildman–Crippen MR) is 141 cm³/mol. The van der Waals surface area contributed by atoms with Crippen molar-refractivity contribution in [3.05, 3.63) is 87.4 Å². The Hall–Kier alpha value is -5.21. The number of nitrogens with zero attached hydrogens (tertiary/aromatic N) is 5. The third kappa shape index (κ3) is 5.53. The molecular formula is C27H21F4N7O4. The highest BCUT2D eigenvalue weighted by Crippen LogP contribution is 2.37. The van der Waals surface area contributed by atoms with Gasteiger partial charge in [0, 0.05) is 35.3 Å². The molecule has 15 heteroatoms. The summed E-state index contributed by atoms with van der Waals surface area (Å²) < 4.78 is 60.1. The van der Waals surface area contributed by atoms with E-state index in [1.54, 1.807) is 6.07 Å². The standard InChI is InChI=1S/C27H21F4N7O4/c1-26(2,3)25-36-24(42-37-25)23(39)33-12-14-5-4-13(10-18(14)28)16-8-9-32-22-20(16)34-21(35-22)17-11-15(27(29,30)31)6-7-19(17)38(40)41/h4-11H,12H2,1-3H3,(H,33,39)(H,32,34,35). The van der Waals surface area contributed by atoms with E-state index in [0.29, 0.717) is 29.1 Å². The van der Waals surface area contributed by atoms with E-state index < -0.39 is 39.5 Å². The van der Waals surface area contributed by atoms with Crippen molar-refractivity contribution in [2.75, 3.05) is 0 Å². The fourth-order valence-corrected chi connectivity index (χ4v) is 4.07. The molecule has 0 saturated carbocycles. The van der Waals surface area contributed by atoms with E-state index in [0.717, 1.165) is 6.07 Å². The van der Waals surface area contributed by atoms with E-state index in [-0.39, 0.29) is 40.6 Å². The highest BCUT2D eigenvalue weighted by Gasteiger charge is 2.33. The normalized spacial score (nSPS) is 12.1. The highest BCUT2D eigenvalue weighted by atomic mass is 19.4. The lowest BCUT2D eigenvalue weighted by molar-refractivity contribution is -0.384. The zero-order chi connectivity index (χ0) is 30.4. The van der Waals surface area contributed by atoms with Gasteiger partial charge in [-0.2, -0.15) is 18.2 Å². The van der Waals surface area contributed by atoms with Crippen molar-refractivity contribution in [2.24, 2.45) is 0 Å². The smallest absolute Gasteiger partial charge is 0.344 e. The summed E-state index contributed by atoms with van der Waals surface area (Å²) >= 11 is 0. The van der Waals surface area contributed by atoms with Crippen LogP contribution >= 0.6 is 0 Å². The number of carbonyl (C=O) groups is 1. The number of rotatable bonds is 6. The summed E-state index contributed by atoms with van der Waals surface area (Å²) in [6, 6.07) is 7.76. The number of carbonyl (C=O) groups excluding carboxylic acids is 1. The average Bonchev–Trinajstić information content (AvgIpc) is 3.59. The Bertz CT molecular complexity index is 1840. The van der Waals surface area contributed by atoms with E-state index in [1.807, 2.05) is 20.8 Å². The van der Waals surface area contributed by atoms with Crippen molar-refractivity contribution < 1.29 is 31.8 Å². The number of nitro groups is 1. The molecule has 0 saturated heterocycles. The van der Waals surface area contributed by atoms with Crippen LogP contribution in [-0.2, 0) is 18.1 Å². The van der Waals surface area contributed by atoms with E-state index in [9.17, 15) is 28.1 Å². The summed E-state index contributed by atoms with van der Waals surface area (Å²) in [4.78, 5) is 38.3. The van der Waals surface area contributed by atoms with Crippen LogP contribution in [-0.4, -0.2) is 35.9 Å². The minimum absolute atomic E-state index is 0.0557. The molecule has 0 atom stereocenters. The average molecular weight is 584 g/mol. The molecule has 0 aliphatic heterocycles. The van der Waals surface area contributed by atoms with E-state index in [2.05, 4.69) is 30.4 Å². The molecule has 0 bridgehead atoms. The van der Waals surface area contributed by atoms with Crippen molar-refractivity contribution in [2.45, 2.75) is 38.9 Å². The van der Waals surface area contributed by atoms with Crippen LogP contribution in [0.3, 0.4) is 0 Å². The van der Waals surface area contributed by atoms with Gasteiger partial charge < -0.3 is 14.8 Å². The van der Waals surface area contributed by atoms with Gasteiger partial charge in [0.15, 0.2) is 11.5 Å². The van der Waals surface area contributed by atoms with Gasteiger partial charge >= 0.3 is 18.0 Å². The van der Waals surface area contributed by atoms with Crippen molar-refractivity contribution in [1.82, 2.24) is 30.4 Å². The Morgan fingerprint density at radius 3 is 2.48 bits per heavy atom. The Kier molecular flexibility index (Phi) is 6.96. The van der Waals surface area contributed by atoms with Crippen molar-refractivity contribution in [3.8, 4) is 22.5 Å². The Balaban J connectivity index is 1.43. The van der Waals surface area contributed by atoms with Gasteiger partial charge in [0.25, 0.3) is 5.69 Å². The number of H-pyrrole nitrogens is 1. The van der Waals surface area contributed by atoms with Gasteiger partial charge in [-0.3, -0.25) is 14.9 Å². The number of aromatic nitrogens is 5.